The van der Waals surface area contributed by atoms with Crippen LogP contribution in [0.15, 0.2) is 53.2 Å². The van der Waals surface area contributed by atoms with Gasteiger partial charge in [-0.15, -0.1) is 11.3 Å². The van der Waals surface area contributed by atoms with E-state index in [1.54, 1.807) is 11.3 Å². The number of carbonyl (C=O) groups is 1. The van der Waals surface area contributed by atoms with E-state index >= 15 is 0 Å². The first-order valence-corrected chi connectivity index (χ1v) is 8.25. The number of unbranched alkanes of at least 4 members (excludes halogenated alkanes) is 1. The van der Waals surface area contributed by atoms with Crippen LogP contribution in [0.3, 0.4) is 0 Å². The molecule has 22 heavy (non-hydrogen) atoms. The smallest absolute Gasteiger partial charge is 0.312 e. The van der Waals surface area contributed by atoms with Gasteiger partial charge in [-0.05, 0) is 31.1 Å². The van der Waals surface area contributed by atoms with Crippen LogP contribution in [0, 0.1) is 0 Å². The van der Waals surface area contributed by atoms with Gasteiger partial charge >= 0.3 is 5.97 Å². The zero-order chi connectivity index (χ0) is 15.4. The molecular formula is C18H17NO2S. The van der Waals surface area contributed by atoms with E-state index in [9.17, 15) is 4.79 Å². The molecule has 112 valence electrons. The van der Waals surface area contributed by atoms with E-state index in [2.05, 4.69) is 24.2 Å². The summed E-state index contributed by atoms with van der Waals surface area (Å²) in [4.78, 5) is 19.2. The molecular weight excluding hydrogens is 294 g/mol. The first kappa shape index (κ1) is 14.7. The fourth-order valence-electron chi connectivity index (χ4n) is 2.31. The Balaban J connectivity index is 1.87. The van der Waals surface area contributed by atoms with Gasteiger partial charge in [0.15, 0.2) is 0 Å². The molecule has 1 aliphatic heterocycles. The molecule has 0 atom stereocenters. The topological polar surface area (TPSA) is 38.7 Å². The van der Waals surface area contributed by atoms with Crippen LogP contribution >= 0.6 is 11.3 Å². The van der Waals surface area contributed by atoms with Gasteiger partial charge in [0.05, 0.1) is 5.57 Å². The monoisotopic (exact) mass is 311 g/mol. The van der Waals surface area contributed by atoms with Crippen LogP contribution in [0.25, 0.3) is 6.08 Å². The van der Waals surface area contributed by atoms with Crippen LogP contribution in [0.5, 0.6) is 0 Å². The van der Waals surface area contributed by atoms with Crippen molar-refractivity contribution in [1.82, 2.24) is 0 Å². The van der Waals surface area contributed by atoms with Crippen LogP contribution < -0.4 is 0 Å². The van der Waals surface area contributed by atoms with Gasteiger partial charge in [0.2, 0.25) is 0 Å². The average Bonchev–Trinajstić information content (AvgIpc) is 3.14. The molecule has 0 bridgehead atoms. The second-order valence-electron chi connectivity index (χ2n) is 5.15. The Morgan fingerprint density at radius 3 is 2.77 bits per heavy atom. The number of hydrogen-bond donors (Lipinski definition) is 0. The van der Waals surface area contributed by atoms with Crippen molar-refractivity contribution < 1.29 is 9.63 Å². The summed E-state index contributed by atoms with van der Waals surface area (Å²) in [5.41, 5.74) is 2.02. The number of hydrogen-bond acceptors (Lipinski definition) is 4. The highest BCUT2D eigenvalue weighted by molar-refractivity contribution is 7.12. The van der Waals surface area contributed by atoms with Gasteiger partial charge in [0.25, 0.3) is 0 Å². The minimum Gasteiger partial charge on any atom is -0.312 e. The van der Waals surface area contributed by atoms with Crippen LogP contribution in [-0.4, -0.2) is 11.7 Å². The normalized spacial score (nSPS) is 16.0. The maximum atomic E-state index is 11.9. The van der Waals surface area contributed by atoms with Crippen molar-refractivity contribution in [2.24, 2.45) is 5.16 Å². The third-order valence-electron chi connectivity index (χ3n) is 3.49. The molecule has 1 aliphatic rings. The minimum atomic E-state index is -0.387. The maximum absolute atomic E-state index is 11.9. The predicted octanol–water partition coefficient (Wildman–Crippen LogP) is 4.44. The van der Waals surface area contributed by atoms with E-state index < -0.39 is 0 Å². The standard InChI is InChI=1S/C18H17NO2S/c1-2-3-9-14-10-11-15(22-14)12-16-17(19-21-18(16)20)13-7-5-4-6-8-13/h4-8,10-12H,2-3,9H2,1H3. The van der Waals surface area contributed by atoms with E-state index in [0.29, 0.717) is 11.3 Å². The highest BCUT2D eigenvalue weighted by Crippen LogP contribution is 2.25. The van der Waals surface area contributed by atoms with Crippen molar-refractivity contribution in [3.63, 3.8) is 0 Å². The Morgan fingerprint density at radius 1 is 1.18 bits per heavy atom. The van der Waals surface area contributed by atoms with Crippen LogP contribution in [0.2, 0.25) is 0 Å². The molecule has 2 aromatic rings. The lowest BCUT2D eigenvalue weighted by molar-refractivity contribution is -0.136. The Bertz CT molecular complexity index is 729. The Hall–Kier alpha value is -2.20. The number of thiophene rings is 1. The molecule has 0 unspecified atom stereocenters. The van der Waals surface area contributed by atoms with E-state index in [1.165, 1.54) is 17.7 Å². The van der Waals surface area contributed by atoms with Gasteiger partial charge < -0.3 is 4.84 Å². The molecule has 0 saturated carbocycles. The van der Waals surface area contributed by atoms with Crippen LogP contribution in [0.4, 0.5) is 0 Å². The third-order valence-corrected chi connectivity index (χ3v) is 4.58. The van der Waals surface area contributed by atoms with Gasteiger partial charge in [-0.1, -0.05) is 48.8 Å². The van der Waals surface area contributed by atoms with Crippen molar-refractivity contribution in [1.29, 1.82) is 0 Å². The van der Waals surface area contributed by atoms with Gasteiger partial charge in [-0.2, -0.15) is 0 Å². The summed E-state index contributed by atoms with van der Waals surface area (Å²) in [5.74, 6) is -0.387. The number of aryl methyl sites for hydroxylation is 1. The van der Waals surface area contributed by atoms with E-state index in [1.807, 2.05) is 36.4 Å². The zero-order valence-electron chi connectivity index (χ0n) is 12.4. The van der Waals surface area contributed by atoms with Gasteiger partial charge in [-0.3, -0.25) is 0 Å². The SMILES string of the molecule is CCCCc1ccc(C=C2C(=O)ON=C2c2ccccc2)s1. The van der Waals surface area contributed by atoms with Crippen molar-refractivity contribution in [3.8, 4) is 0 Å². The Kier molecular flexibility index (Phi) is 4.49. The zero-order valence-corrected chi connectivity index (χ0v) is 13.2. The second kappa shape index (κ2) is 6.71. The summed E-state index contributed by atoms with van der Waals surface area (Å²) in [5, 5.41) is 3.92. The fraction of sp³-hybridized carbons (Fsp3) is 0.222. The van der Waals surface area contributed by atoms with Crippen molar-refractivity contribution in [2.45, 2.75) is 26.2 Å². The summed E-state index contributed by atoms with van der Waals surface area (Å²) in [6.07, 6.45) is 5.34. The molecule has 0 radical (unpaired) electrons. The molecule has 3 rings (SSSR count). The molecule has 4 heteroatoms. The van der Waals surface area contributed by atoms with E-state index in [4.69, 9.17) is 4.84 Å². The number of nitrogens with zero attached hydrogens (tertiary/aromatic N) is 1. The van der Waals surface area contributed by atoms with Crippen molar-refractivity contribution in [3.05, 3.63) is 63.4 Å². The first-order valence-electron chi connectivity index (χ1n) is 7.43. The largest absolute Gasteiger partial charge is 0.368 e. The molecule has 1 aromatic carbocycles. The molecule has 0 spiro atoms. The maximum Gasteiger partial charge on any atom is 0.368 e. The summed E-state index contributed by atoms with van der Waals surface area (Å²) in [7, 11) is 0. The van der Waals surface area contributed by atoms with Crippen LogP contribution in [0.1, 0.15) is 35.1 Å². The third kappa shape index (κ3) is 3.17. The van der Waals surface area contributed by atoms with E-state index in [0.717, 1.165) is 16.9 Å². The first-order chi connectivity index (χ1) is 10.8. The Morgan fingerprint density at radius 2 is 2.00 bits per heavy atom. The molecule has 0 saturated heterocycles. The average molecular weight is 311 g/mol. The summed E-state index contributed by atoms with van der Waals surface area (Å²) < 4.78 is 0. The molecule has 0 N–H and O–H groups in total. The molecule has 2 heterocycles. The fourth-order valence-corrected chi connectivity index (χ4v) is 3.31. The van der Waals surface area contributed by atoms with Gasteiger partial charge in [-0.25, -0.2) is 4.79 Å². The van der Waals surface area contributed by atoms with Gasteiger partial charge in [0.1, 0.15) is 5.71 Å². The lowest BCUT2D eigenvalue weighted by atomic mass is 10.0. The predicted molar refractivity (Wildman–Crippen MR) is 90.0 cm³/mol. The lowest BCUT2D eigenvalue weighted by Crippen LogP contribution is -2.06. The summed E-state index contributed by atoms with van der Waals surface area (Å²) in [6.45, 7) is 2.19. The highest BCUT2D eigenvalue weighted by atomic mass is 32.1. The molecule has 1 aromatic heterocycles. The molecule has 0 fully saturated rings. The molecule has 0 aliphatic carbocycles. The van der Waals surface area contributed by atoms with Crippen LogP contribution in [-0.2, 0) is 16.1 Å². The number of oxime groups is 1. The lowest BCUT2D eigenvalue weighted by Gasteiger charge is -1.99. The summed E-state index contributed by atoms with van der Waals surface area (Å²) >= 11 is 1.72. The number of rotatable bonds is 5. The quantitative estimate of drug-likeness (QED) is 0.605. The van der Waals surface area contributed by atoms with Crippen molar-refractivity contribution >= 4 is 29.1 Å². The summed E-state index contributed by atoms with van der Waals surface area (Å²) in [6, 6.07) is 13.8. The second-order valence-corrected chi connectivity index (χ2v) is 6.35. The minimum absolute atomic E-state index is 0.387. The van der Waals surface area contributed by atoms with Gasteiger partial charge in [0, 0.05) is 15.3 Å². The highest BCUT2D eigenvalue weighted by Gasteiger charge is 2.26. The van der Waals surface area contributed by atoms with Crippen molar-refractivity contribution in [2.75, 3.05) is 0 Å². The molecule has 0 amide bonds. The number of carbonyl (C=O) groups excluding carboxylic acids is 1. The molecule has 3 nitrogen and oxygen atoms in total. The Labute approximate surface area is 133 Å². The number of benzene rings is 1. The van der Waals surface area contributed by atoms with E-state index in [-0.39, 0.29) is 5.97 Å².